The number of hydrogen-bond donors (Lipinski definition) is 0. The summed E-state index contributed by atoms with van der Waals surface area (Å²) < 4.78 is 1.93. The third-order valence-corrected chi connectivity index (χ3v) is 5.95. The van der Waals surface area contributed by atoms with E-state index in [0.29, 0.717) is 18.0 Å². The second-order valence-electron chi connectivity index (χ2n) is 7.25. The molecular weight excluding hydrogens is 378 g/mol. The van der Waals surface area contributed by atoms with Gasteiger partial charge in [-0.05, 0) is 55.4 Å². The summed E-state index contributed by atoms with van der Waals surface area (Å²) in [6, 6.07) is 8.38. The van der Waals surface area contributed by atoms with Crippen LogP contribution in [0, 0.1) is 0 Å². The van der Waals surface area contributed by atoms with Gasteiger partial charge in [-0.1, -0.05) is 12.1 Å². The van der Waals surface area contributed by atoms with Gasteiger partial charge in [0.05, 0.1) is 24.1 Å². The molecule has 1 saturated heterocycles. The van der Waals surface area contributed by atoms with Crippen molar-refractivity contribution in [1.29, 1.82) is 0 Å². The Balaban J connectivity index is 1.42. The van der Waals surface area contributed by atoms with Crippen molar-refractivity contribution in [2.75, 3.05) is 30.4 Å². The van der Waals surface area contributed by atoms with Gasteiger partial charge < -0.3 is 0 Å². The van der Waals surface area contributed by atoms with Gasteiger partial charge >= 0.3 is 0 Å². The second kappa shape index (κ2) is 5.79. The lowest BCUT2D eigenvalue weighted by atomic mass is 10.1. The number of nitrogens with zero attached hydrogens (tertiary/aromatic N) is 9. The number of likely N-dealkylation sites (tertiary alicyclic amines) is 1. The number of benzene rings is 1. The van der Waals surface area contributed by atoms with Crippen LogP contribution in [0.3, 0.4) is 0 Å². The van der Waals surface area contributed by atoms with Crippen LogP contribution in [0.2, 0.25) is 5.28 Å². The molecule has 0 spiro atoms. The van der Waals surface area contributed by atoms with Crippen molar-refractivity contribution in [1.82, 2.24) is 29.6 Å². The smallest absolute Gasteiger partial charge is 0.209 e. The number of aliphatic imine (C=N–C) groups is 1. The van der Waals surface area contributed by atoms with E-state index in [9.17, 15) is 0 Å². The van der Waals surface area contributed by atoms with E-state index in [1.807, 2.05) is 45.2 Å². The maximum absolute atomic E-state index is 6.40. The standard InChI is InChI=1S/C18H18ClN9/c1-24-8-4-7-15(24)13-10-25(23-22-13)26-11-21-17-12-5-2-3-6-14(12)27-16(28(17)26)9-20-18(27)19/h2-3,5-6,9-10,15H,4,7-8,11H2,1H3. The number of fused-ring (bicyclic) bond motifs is 6. The molecule has 0 radical (unpaired) electrons. The van der Waals surface area contributed by atoms with Gasteiger partial charge in [-0.2, -0.15) is 10.1 Å². The summed E-state index contributed by atoms with van der Waals surface area (Å²) in [6.07, 6.45) is 6.05. The van der Waals surface area contributed by atoms with E-state index < -0.39 is 0 Å². The lowest BCUT2D eigenvalue weighted by molar-refractivity contribution is 0.311. The Bertz CT molecular complexity index is 1100. The van der Waals surface area contributed by atoms with Crippen LogP contribution in [-0.4, -0.2) is 55.7 Å². The topological polar surface area (TPSA) is 70.6 Å². The highest BCUT2D eigenvalue weighted by molar-refractivity contribution is 6.29. The number of imidazole rings is 1. The number of amidine groups is 1. The molecule has 0 bridgehead atoms. The number of hydrazine groups is 1. The maximum atomic E-state index is 6.40. The number of anilines is 1. The highest BCUT2D eigenvalue weighted by Crippen LogP contribution is 2.36. The average Bonchev–Trinajstić information content (AvgIpc) is 3.46. The molecule has 3 aliphatic heterocycles. The van der Waals surface area contributed by atoms with Crippen LogP contribution < -0.4 is 10.1 Å². The second-order valence-corrected chi connectivity index (χ2v) is 7.59. The Morgan fingerprint density at radius 1 is 1.21 bits per heavy atom. The predicted molar refractivity (Wildman–Crippen MR) is 105 cm³/mol. The fourth-order valence-electron chi connectivity index (χ4n) is 4.32. The van der Waals surface area contributed by atoms with Gasteiger partial charge in [0, 0.05) is 5.56 Å². The molecule has 9 nitrogen and oxygen atoms in total. The first-order chi connectivity index (χ1) is 13.7. The Hall–Kier alpha value is -2.91. The zero-order valence-corrected chi connectivity index (χ0v) is 16.0. The normalized spacial score (nSPS) is 20.9. The van der Waals surface area contributed by atoms with E-state index in [0.717, 1.165) is 41.6 Å². The Morgan fingerprint density at radius 3 is 2.96 bits per heavy atom. The molecule has 1 atom stereocenters. The number of rotatable bonds is 2. The quantitative estimate of drug-likeness (QED) is 0.660. The minimum atomic E-state index is 0.318. The molecule has 1 fully saturated rings. The first-order valence-electron chi connectivity index (χ1n) is 9.30. The molecule has 142 valence electrons. The SMILES string of the molecule is CN1CCCC1c1cn(N2CN=C3c4ccccc4-n4c(cnc4Cl)N32)nn1. The molecule has 0 amide bonds. The molecule has 1 unspecified atom stereocenters. The summed E-state index contributed by atoms with van der Waals surface area (Å²) in [5.41, 5.74) is 2.97. The zero-order valence-electron chi connectivity index (χ0n) is 15.3. The van der Waals surface area contributed by atoms with Crippen LogP contribution >= 0.6 is 11.6 Å². The Morgan fingerprint density at radius 2 is 2.11 bits per heavy atom. The van der Waals surface area contributed by atoms with Crippen molar-refractivity contribution in [3.05, 3.63) is 53.2 Å². The summed E-state index contributed by atoms with van der Waals surface area (Å²) in [5.74, 6) is 1.68. The van der Waals surface area contributed by atoms with Gasteiger partial charge in [-0.15, -0.1) is 9.89 Å². The largest absolute Gasteiger partial charge is 0.298 e. The number of aromatic nitrogens is 5. The third-order valence-electron chi connectivity index (χ3n) is 5.68. The molecule has 5 heterocycles. The summed E-state index contributed by atoms with van der Waals surface area (Å²) >= 11 is 6.40. The number of halogens is 1. The molecule has 0 N–H and O–H groups in total. The fraction of sp³-hybridized carbons (Fsp3) is 0.333. The summed E-state index contributed by atoms with van der Waals surface area (Å²) in [5, 5.41) is 13.2. The van der Waals surface area contributed by atoms with Crippen LogP contribution in [-0.2, 0) is 0 Å². The van der Waals surface area contributed by atoms with E-state index in [-0.39, 0.29) is 0 Å². The van der Waals surface area contributed by atoms with Gasteiger partial charge in [0.1, 0.15) is 5.69 Å². The van der Waals surface area contributed by atoms with E-state index >= 15 is 0 Å². The van der Waals surface area contributed by atoms with Crippen molar-refractivity contribution >= 4 is 23.3 Å². The molecule has 0 aliphatic carbocycles. The van der Waals surface area contributed by atoms with Gasteiger partial charge in [-0.3, -0.25) is 9.47 Å². The third kappa shape index (κ3) is 2.11. The molecule has 10 heteroatoms. The molecule has 2 aromatic heterocycles. The maximum Gasteiger partial charge on any atom is 0.209 e. The zero-order chi connectivity index (χ0) is 18.8. The van der Waals surface area contributed by atoms with Crippen LogP contribution in [0.1, 0.15) is 30.1 Å². The molecule has 3 aliphatic rings. The summed E-state index contributed by atoms with van der Waals surface area (Å²) in [4.78, 5) is 13.2. The molecule has 0 saturated carbocycles. The Kier molecular flexibility index (Phi) is 3.33. The van der Waals surface area contributed by atoms with Crippen LogP contribution in [0.25, 0.3) is 5.69 Å². The van der Waals surface area contributed by atoms with Crippen LogP contribution in [0.15, 0.2) is 41.7 Å². The van der Waals surface area contributed by atoms with Gasteiger partial charge in [0.2, 0.25) is 5.28 Å². The van der Waals surface area contributed by atoms with Crippen molar-refractivity contribution in [2.45, 2.75) is 18.9 Å². The summed E-state index contributed by atoms with van der Waals surface area (Å²) in [6.45, 7) is 1.53. The molecule has 28 heavy (non-hydrogen) atoms. The van der Waals surface area contributed by atoms with E-state index in [1.165, 1.54) is 6.42 Å². The van der Waals surface area contributed by atoms with Crippen molar-refractivity contribution in [3.8, 4) is 5.69 Å². The monoisotopic (exact) mass is 395 g/mol. The predicted octanol–water partition coefficient (Wildman–Crippen LogP) is 1.97. The average molecular weight is 396 g/mol. The minimum Gasteiger partial charge on any atom is -0.298 e. The highest BCUT2D eigenvalue weighted by Gasteiger charge is 2.38. The summed E-state index contributed by atoms with van der Waals surface area (Å²) in [7, 11) is 2.13. The van der Waals surface area contributed by atoms with Crippen molar-refractivity contribution in [2.24, 2.45) is 4.99 Å². The van der Waals surface area contributed by atoms with Crippen LogP contribution in [0.4, 0.5) is 5.82 Å². The van der Waals surface area contributed by atoms with Gasteiger partial charge in [0.25, 0.3) is 0 Å². The highest BCUT2D eigenvalue weighted by atomic mass is 35.5. The van der Waals surface area contributed by atoms with E-state index in [4.69, 9.17) is 16.6 Å². The first kappa shape index (κ1) is 16.1. The van der Waals surface area contributed by atoms with E-state index in [2.05, 4.69) is 27.2 Å². The number of hydrogen-bond acceptors (Lipinski definition) is 7. The molecular formula is C18H18ClN9. The minimum absolute atomic E-state index is 0.318. The molecule has 3 aromatic rings. The first-order valence-corrected chi connectivity index (χ1v) is 9.68. The number of para-hydroxylation sites is 1. The molecule has 1 aromatic carbocycles. The fourth-order valence-corrected chi connectivity index (χ4v) is 4.55. The van der Waals surface area contributed by atoms with Crippen LogP contribution in [0.5, 0.6) is 0 Å². The van der Waals surface area contributed by atoms with Gasteiger partial charge in [0.15, 0.2) is 18.3 Å². The van der Waals surface area contributed by atoms with Crippen molar-refractivity contribution in [3.63, 3.8) is 0 Å². The lowest BCUT2D eigenvalue weighted by Crippen LogP contribution is -2.51. The van der Waals surface area contributed by atoms with E-state index in [1.54, 1.807) is 11.0 Å². The van der Waals surface area contributed by atoms with Gasteiger partial charge in [-0.25, -0.2) is 9.98 Å². The van der Waals surface area contributed by atoms with Crippen molar-refractivity contribution < 1.29 is 0 Å². The lowest BCUT2D eigenvalue weighted by Gasteiger charge is -2.34. The molecule has 6 rings (SSSR count). The Labute approximate surface area is 166 Å².